The molecule has 4 rings (SSSR count). The first-order valence-corrected chi connectivity index (χ1v) is 15.3. The summed E-state index contributed by atoms with van der Waals surface area (Å²) in [4.78, 5) is 0. The van der Waals surface area contributed by atoms with Crippen LogP contribution in [0.5, 0.6) is 0 Å². The molecule has 0 aromatic heterocycles. The van der Waals surface area contributed by atoms with Gasteiger partial charge in [-0.3, -0.25) is 0 Å². The van der Waals surface area contributed by atoms with Crippen LogP contribution in [-0.2, 0) is 0 Å². The fraction of sp³-hybridized carbons (Fsp3) is 0.421. The van der Waals surface area contributed by atoms with Gasteiger partial charge in [0, 0.05) is 17.0 Å². The maximum atomic E-state index is 13.6. The molecule has 40 heavy (non-hydrogen) atoms. The molecule has 0 amide bonds. The van der Waals surface area contributed by atoms with Crippen molar-refractivity contribution in [3.8, 4) is 0 Å². The predicted molar refractivity (Wildman–Crippen MR) is 175 cm³/mol. The quantitative estimate of drug-likeness (QED) is 0.333. The number of rotatable bonds is 9. The van der Waals surface area contributed by atoms with Crippen LogP contribution in [0.2, 0.25) is 0 Å². The van der Waals surface area contributed by atoms with E-state index < -0.39 is 0 Å². The maximum Gasteiger partial charge on any atom is 0.123 e. The standard InChI is InChI=1S/C28H28FN.C7H16.C3H8/c1-19(2)25-18-26(21-14-16-23(29)17-15-21)28(22-10-6-4-7-11-22)27(25)20(3)30-24-12-8-5-9-13-24;1-4-5-6-7(2)3;1-3-2/h4,6-8,10-17,19,30H,3,5,9,18H2,1-2H3;7H,4-6H2,1-3H3;3H2,1-2H3. The van der Waals surface area contributed by atoms with Crippen LogP contribution in [-0.4, -0.2) is 0 Å². The molecule has 0 saturated heterocycles. The third-order valence-corrected chi connectivity index (χ3v) is 6.92. The minimum atomic E-state index is -0.210. The zero-order valence-corrected chi connectivity index (χ0v) is 26.1. The molecule has 216 valence electrons. The molecule has 2 heteroatoms. The van der Waals surface area contributed by atoms with E-state index in [0.717, 1.165) is 42.1 Å². The summed E-state index contributed by atoms with van der Waals surface area (Å²) in [5, 5.41) is 3.55. The largest absolute Gasteiger partial charge is 0.356 e. The molecule has 0 bridgehead atoms. The van der Waals surface area contributed by atoms with Gasteiger partial charge in [-0.1, -0.05) is 141 Å². The van der Waals surface area contributed by atoms with Gasteiger partial charge in [0.05, 0.1) is 0 Å². The second kappa shape index (κ2) is 17.5. The van der Waals surface area contributed by atoms with Gasteiger partial charge in [-0.25, -0.2) is 4.39 Å². The molecular weight excluding hydrogens is 489 g/mol. The molecule has 2 aromatic carbocycles. The minimum Gasteiger partial charge on any atom is -0.356 e. The Morgan fingerprint density at radius 2 is 1.55 bits per heavy atom. The van der Waals surface area contributed by atoms with E-state index in [9.17, 15) is 4.39 Å². The summed E-state index contributed by atoms with van der Waals surface area (Å²) in [5.74, 6) is 1.07. The maximum absolute atomic E-state index is 13.6. The molecular formula is C38H52FN. The van der Waals surface area contributed by atoms with Gasteiger partial charge in [0.15, 0.2) is 0 Å². The van der Waals surface area contributed by atoms with Gasteiger partial charge in [-0.2, -0.15) is 0 Å². The minimum absolute atomic E-state index is 0.210. The zero-order valence-electron chi connectivity index (χ0n) is 26.1. The highest BCUT2D eigenvalue weighted by atomic mass is 19.1. The molecule has 1 nitrogen and oxygen atoms in total. The van der Waals surface area contributed by atoms with Crippen molar-refractivity contribution < 1.29 is 4.39 Å². The van der Waals surface area contributed by atoms with Gasteiger partial charge in [-0.05, 0) is 71.6 Å². The van der Waals surface area contributed by atoms with Crippen LogP contribution in [0.4, 0.5) is 4.39 Å². The van der Waals surface area contributed by atoms with E-state index in [2.05, 4.69) is 103 Å². The summed E-state index contributed by atoms with van der Waals surface area (Å²) < 4.78 is 13.6. The van der Waals surface area contributed by atoms with Crippen LogP contribution < -0.4 is 5.32 Å². The first-order chi connectivity index (χ1) is 19.2. The number of hydrogen-bond acceptors (Lipinski definition) is 1. The Balaban J connectivity index is 0.000000483. The second-order valence-electron chi connectivity index (χ2n) is 11.4. The molecule has 0 fully saturated rings. The van der Waals surface area contributed by atoms with E-state index >= 15 is 0 Å². The summed E-state index contributed by atoms with van der Waals surface area (Å²) >= 11 is 0. The summed E-state index contributed by atoms with van der Waals surface area (Å²) in [7, 11) is 0. The molecule has 2 aromatic rings. The lowest BCUT2D eigenvalue weighted by Crippen LogP contribution is -2.15. The van der Waals surface area contributed by atoms with Gasteiger partial charge in [-0.15, -0.1) is 0 Å². The van der Waals surface area contributed by atoms with Crippen molar-refractivity contribution in [2.45, 2.75) is 93.4 Å². The van der Waals surface area contributed by atoms with Crippen molar-refractivity contribution >= 4 is 11.1 Å². The summed E-state index contributed by atoms with van der Waals surface area (Å²) in [6, 6.07) is 17.3. The summed E-state index contributed by atoms with van der Waals surface area (Å²) in [6.45, 7) is 19.9. The molecule has 0 unspecified atom stereocenters. The number of nitrogens with one attached hydrogen (secondary N) is 1. The molecule has 2 aliphatic rings. The van der Waals surface area contributed by atoms with Crippen molar-refractivity contribution in [1.82, 2.24) is 5.32 Å². The van der Waals surface area contributed by atoms with Gasteiger partial charge in [0.2, 0.25) is 0 Å². The number of allylic oxidation sites excluding steroid dienone is 6. The van der Waals surface area contributed by atoms with Crippen molar-refractivity contribution in [2.75, 3.05) is 0 Å². The number of benzene rings is 2. The van der Waals surface area contributed by atoms with Crippen LogP contribution in [0.3, 0.4) is 0 Å². The van der Waals surface area contributed by atoms with Gasteiger partial charge < -0.3 is 5.32 Å². The number of unbranched alkanes of at least 4 members (excludes halogenated alkanes) is 1. The van der Waals surface area contributed by atoms with Gasteiger partial charge in [0.1, 0.15) is 5.82 Å². The smallest absolute Gasteiger partial charge is 0.123 e. The van der Waals surface area contributed by atoms with Crippen molar-refractivity contribution in [2.24, 2.45) is 11.8 Å². The molecule has 0 heterocycles. The van der Waals surface area contributed by atoms with E-state index in [1.807, 2.05) is 18.2 Å². The Kier molecular flexibility index (Phi) is 14.5. The summed E-state index contributed by atoms with van der Waals surface area (Å²) in [5.41, 5.74) is 9.24. The van der Waals surface area contributed by atoms with E-state index in [0.29, 0.717) is 5.92 Å². The normalized spacial score (nSPS) is 14.5. The highest BCUT2D eigenvalue weighted by Crippen LogP contribution is 2.48. The van der Waals surface area contributed by atoms with E-state index in [1.165, 1.54) is 53.5 Å². The molecule has 2 aliphatic carbocycles. The molecule has 0 saturated carbocycles. The van der Waals surface area contributed by atoms with Crippen LogP contribution in [0.15, 0.2) is 102 Å². The first-order valence-electron chi connectivity index (χ1n) is 15.3. The molecule has 0 aliphatic heterocycles. The topological polar surface area (TPSA) is 12.0 Å². The fourth-order valence-electron chi connectivity index (χ4n) is 4.89. The van der Waals surface area contributed by atoms with Crippen LogP contribution in [0, 0.1) is 17.7 Å². The van der Waals surface area contributed by atoms with E-state index in [4.69, 9.17) is 0 Å². The van der Waals surface area contributed by atoms with E-state index in [1.54, 1.807) is 12.1 Å². The highest BCUT2D eigenvalue weighted by molar-refractivity contribution is 6.04. The Hall–Kier alpha value is -3.13. The van der Waals surface area contributed by atoms with Gasteiger partial charge >= 0.3 is 0 Å². The lowest BCUT2D eigenvalue weighted by atomic mass is 9.91. The molecule has 0 atom stereocenters. The Bertz CT molecular complexity index is 1170. The molecule has 1 N–H and O–H groups in total. The third-order valence-electron chi connectivity index (χ3n) is 6.92. The third kappa shape index (κ3) is 10.1. The molecule has 0 radical (unpaired) electrons. The first kappa shape index (κ1) is 33.1. The second-order valence-corrected chi connectivity index (χ2v) is 11.4. The lowest BCUT2D eigenvalue weighted by Gasteiger charge is -2.20. The monoisotopic (exact) mass is 541 g/mol. The predicted octanol–water partition coefficient (Wildman–Crippen LogP) is 11.7. The van der Waals surface area contributed by atoms with Gasteiger partial charge in [0.25, 0.3) is 0 Å². The number of halogens is 1. The van der Waals surface area contributed by atoms with Crippen molar-refractivity contribution in [3.63, 3.8) is 0 Å². The van der Waals surface area contributed by atoms with Crippen LogP contribution in [0.25, 0.3) is 11.1 Å². The highest BCUT2D eigenvalue weighted by Gasteiger charge is 2.29. The number of hydrogen-bond donors (Lipinski definition) is 1. The molecule has 0 spiro atoms. The Morgan fingerprint density at radius 1 is 0.900 bits per heavy atom. The summed E-state index contributed by atoms with van der Waals surface area (Å²) in [6.07, 6.45) is 14.9. The zero-order chi connectivity index (χ0) is 29.5. The average molecular weight is 542 g/mol. The average Bonchev–Trinajstić information content (AvgIpc) is 3.35. The lowest BCUT2D eigenvalue weighted by molar-refractivity contribution is 0.550. The fourth-order valence-corrected chi connectivity index (χ4v) is 4.89. The van der Waals surface area contributed by atoms with Crippen molar-refractivity contribution in [1.29, 1.82) is 0 Å². The van der Waals surface area contributed by atoms with E-state index in [-0.39, 0.29) is 5.82 Å². The SMILES string of the molecule is C=C(NC1=CCCC=C1)C1=C(C(C)C)CC(c2ccc(F)cc2)=C1c1ccccc1.CCC.CCCCC(C)C. The van der Waals surface area contributed by atoms with Crippen LogP contribution in [0.1, 0.15) is 105 Å². The van der Waals surface area contributed by atoms with Crippen molar-refractivity contribution in [3.05, 3.63) is 119 Å². The van der Waals surface area contributed by atoms with Crippen LogP contribution >= 0.6 is 0 Å². The Labute approximate surface area is 244 Å². The Morgan fingerprint density at radius 3 is 2.05 bits per heavy atom.